The Hall–Kier alpha value is -2.38. The molecule has 1 fully saturated rings. The van der Waals surface area contributed by atoms with E-state index in [1.165, 1.54) is 16.7 Å². The summed E-state index contributed by atoms with van der Waals surface area (Å²) < 4.78 is 5.99. The number of hydrogen-bond donors (Lipinski definition) is 0. The Balaban J connectivity index is 1.89. The molecule has 1 aliphatic heterocycles. The van der Waals surface area contributed by atoms with Crippen molar-refractivity contribution < 1.29 is 4.74 Å². The van der Waals surface area contributed by atoms with Gasteiger partial charge in [0.05, 0.1) is 12.2 Å². The molecule has 0 radical (unpaired) electrons. The van der Waals surface area contributed by atoms with E-state index in [1.54, 1.807) is 0 Å². The number of nitrogens with zero attached hydrogens (tertiary/aromatic N) is 3. The predicted molar refractivity (Wildman–Crippen MR) is 90.5 cm³/mol. The number of aryl methyl sites for hydroxylation is 3. The quantitative estimate of drug-likeness (QED) is 0.852. The predicted octanol–water partition coefficient (Wildman–Crippen LogP) is 3.46. The standard InChI is InChI=1S/C19H21N3O/c1-13-4-7-17(14(2)10-13)18-12-22(8-9-23-18)19-16(11-20)6-5-15(3)21-19/h4-7,10,18H,8-9,12H2,1-3H3/t18-/m0/s1. The van der Waals surface area contributed by atoms with Crippen LogP contribution in [0.5, 0.6) is 0 Å². The first-order chi connectivity index (χ1) is 11.1. The lowest BCUT2D eigenvalue weighted by molar-refractivity contribution is 0.0391. The van der Waals surface area contributed by atoms with Gasteiger partial charge in [0, 0.05) is 18.8 Å². The fourth-order valence-corrected chi connectivity index (χ4v) is 3.09. The molecule has 3 rings (SSSR count). The maximum absolute atomic E-state index is 9.35. The Labute approximate surface area is 137 Å². The maximum Gasteiger partial charge on any atom is 0.146 e. The molecule has 0 aliphatic carbocycles. The average molecular weight is 307 g/mol. The first-order valence-electron chi connectivity index (χ1n) is 7.90. The molecule has 0 spiro atoms. The van der Waals surface area contributed by atoms with Crippen LogP contribution in [0.1, 0.15) is 34.1 Å². The zero-order valence-electron chi connectivity index (χ0n) is 13.8. The lowest BCUT2D eigenvalue weighted by Crippen LogP contribution is -2.39. The number of morpholine rings is 1. The number of nitriles is 1. The SMILES string of the molecule is Cc1ccc([C@@H]2CN(c3nc(C)ccc3C#N)CCO2)c(C)c1. The minimum absolute atomic E-state index is 0.0122. The van der Waals surface area contributed by atoms with E-state index in [1.807, 2.05) is 19.1 Å². The summed E-state index contributed by atoms with van der Waals surface area (Å²) in [6, 6.07) is 12.4. The Bertz CT molecular complexity index is 764. The Morgan fingerprint density at radius 1 is 1.22 bits per heavy atom. The van der Waals surface area contributed by atoms with Gasteiger partial charge in [0.2, 0.25) is 0 Å². The lowest BCUT2D eigenvalue weighted by Gasteiger charge is -2.35. The van der Waals surface area contributed by atoms with Gasteiger partial charge in [0.15, 0.2) is 0 Å². The van der Waals surface area contributed by atoms with E-state index in [0.717, 1.165) is 24.6 Å². The van der Waals surface area contributed by atoms with Crippen molar-refractivity contribution in [2.24, 2.45) is 0 Å². The topological polar surface area (TPSA) is 49.2 Å². The summed E-state index contributed by atoms with van der Waals surface area (Å²) in [4.78, 5) is 6.75. The van der Waals surface area contributed by atoms with E-state index in [2.05, 4.69) is 48.0 Å². The first-order valence-corrected chi connectivity index (χ1v) is 7.90. The van der Waals surface area contributed by atoms with E-state index in [4.69, 9.17) is 4.74 Å². The van der Waals surface area contributed by atoms with Crippen molar-refractivity contribution in [1.29, 1.82) is 5.26 Å². The van der Waals surface area contributed by atoms with Crippen LogP contribution in [-0.4, -0.2) is 24.7 Å². The number of benzene rings is 1. The molecule has 2 aromatic rings. The second-order valence-electron chi connectivity index (χ2n) is 6.10. The van der Waals surface area contributed by atoms with Crippen molar-refractivity contribution >= 4 is 5.82 Å². The van der Waals surface area contributed by atoms with Crippen LogP contribution in [0.2, 0.25) is 0 Å². The molecule has 1 atom stereocenters. The zero-order chi connectivity index (χ0) is 16.4. The molecular formula is C19H21N3O. The molecule has 0 bridgehead atoms. The summed E-state index contributed by atoms with van der Waals surface area (Å²) in [5.74, 6) is 0.769. The highest BCUT2D eigenvalue weighted by Gasteiger charge is 2.25. The first kappa shape index (κ1) is 15.5. The van der Waals surface area contributed by atoms with E-state index >= 15 is 0 Å². The fraction of sp³-hybridized carbons (Fsp3) is 0.368. The van der Waals surface area contributed by atoms with Crippen LogP contribution in [0.15, 0.2) is 30.3 Å². The van der Waals surface area contributed by atoms with Crippen LogP contribution in [0.4, 0.5) is 5.82 Å². The summed E-state index contributed by atoms with van der Waals surface area (Å²) in [6.45, 7) is 8.28. The second kappa shape index (κ2) is 6.39. The molecule has 1 saturated heterocycles. The van der Waals surface area contributed by atoms with Crippen molar-refractivity contribution in [3.8, 4) is 6.07 Å². The van der Waals surface area contributed by atoms with Gasteiger partial charge < -0.3 is 9.64 Å². The van der Waals surface area contributed by atoms with Crippen molar-refractivity contribution in [3.63, 3.8) is 0 Å². The molecule has 0 amide bonds. The third kappa shape index (κ3) is 3.20. The number of pyridine rings is 1. The highest BCUT2D eigenvalue weighted by molar-refractivity contribution is 5.55. The van der Waals surface area contributed by atoms with Gasteiger partial charge in [-0.3, -0.25) is 0 Å². The van der Waals surface area contributed by atoms with Crippen LogP contribution >= 0.6 is 0 Å². The molecule has 1 aliphatic rings. The summed E-state index contributed by atoms with van der Waals surface area (Å²) >= 11 is 0. The summed E-state index contributed by atoms with van der Waals surface area (Å²) in [5, 5.41) is 9.35. The van der Waals surface area contributed by atoms with Crippen molar-refractivity contribution in [2.75, 3.05) is 24.6 Å². The smallest absolute Gasteiger partial charge is 0.146 e. The van der Waals surface area contributed by atoms with E-state index in [9.17, 15) is 5.26 Å². The van der Waals surface area contributed by atoms with E-state index < -0.39 is 0 Å². The number of anilines is 1. The molecule has 1 aromatic heterocycles. The van der Waals surface area contributed by atoms with Crippen LogP contribution in [0.3, 0.4) is 0 Å². The molecule has 4 heteroatoms. The van der Waals surface area contributed by atoms with Gasteiger partial charge >= 0.3 is 0 Å². The fourth-order valence-electron chi connectivity index (χ4n) is 3.09. The lowest BCUT2D eigenvalue weighted by atomic mass is 10.00. The Morgan fingerprint density at radius 2 is 2.04 bits per heavy atom. The Morgan fingerprint density at radius 3 is 2.78 bits per heavy atom. The molecule has 2 heterocycles. The van der Waals surface area contributed by atoms with Gasteiger partial charge in [-0.05, 0) is 44.0 Å². The number of aromatic nitrogens is 1. The van der Waals surface area contributed by atoms with Crippen LogP contribution in [0.25, 0.3) is 0 Å². The van der Waals surface area contributed by atoms with Gasteiger partial charge in [-0.15, -0.1) is 0 Å². The third-order valence-corrected chi connectivity index (χ3v) is 4.27. The third-order valence-electron chi connectivity index (χ3n) is 4.27. The van der Waals surface area contributed by atoms with E-state index in [0.29, 0.717) is 12.2 Å². The molecule has 0 N–H and O–H groups in total. The van der Waals surface area contributed by atoms with Crippen molar-refractivity contribution in [1.82, 2.24) is 4.98 Å². The Kier molecular flexibility index (Phi) is 4.31. The summed E-state index contributed by atoms with van der Waals surface area (Å²) in [5.41, 5.74) is 5.26. The number of ether oxygens (including phenoxy) is 1. The molecule has 0 unspecified atom stereocenters. The normalized spacial score (nSPS) is 17.8. The molecule has 1 aromatic carbocycles. The van der Waals surface area contributed by atoms with Gasteiger partial charge in [0.25, 0.3) is 0 Å². The van der Waals surface area contributed by atoms with Crippen LogP contribution < -0.4 is 4.90 Å². The van der Waals surface area contributed by atoms with Crippen LogP contribution in [-0.2, 0) is 4.74 Å². The summed E-state index contributed by atoms with van der Waals surface area (Å²) in [6.07, 6.45) is 0.0122. The minimum atomic E-state index is 0.0122. The molecule has 118 valence electrons. The molecular weight excluding hydrogens is 286 g/mol. The minimum Gasteiger partial charge on any atom is -0.370 e. The van der Waals surface area contributed by atoms with Crippen molar-refractivity contribution in [3.05, 3.63) is 58.3 Å². The highest BCUT2D eigenvalue weighted by Crippen LogP contribution is 2.29. The molecule has 4 nitrogen and oxygen atoms in total. The second-order valence-corrected chi connectivity index (χ2v) is 6.10. The van der Waals surface area contributed by atoms with Gasteiger partial charge in [-0.2, -0.15) is 5.26 Å². The van der Waals surface area contributed by atoms with Gasteiger partial charge in [-0.25, -0.2) is 4.98 Å². The molecule has 23 heavy (non-hydrogen) atoms. The maximum atomic E-state index is 9.35. The number of rotatable bonds is 2. The van der Waals surface area contributed by atoms with Gasteiger partial charge in [0.1, 0.15) is 18.0 Å². The van der Waals surface area contributed by atoms with E-state index in [-0.39, 0.29) is 6.10 Å². The van der Waals surface area contributed by atoms with Crippen LogP contribution in [0, 0.1) is 32.1 Å². The van der Waals surface area contributed by atoms with Gasteiger partial charge in [-0.1, -0.05) is 23.8 Å². The van der Waals surface area contributed by atoms with Crippen molar-refractivity contribution in [2.45, 2.75) is 26.9 Å². The zero-order valence-corrected chi connectivity index (χ0v) is 13.8. The average Bonchev–Trinajstić information content (AvgIpc) is 2.55. The largest absolute Gasteiger partial charge is 0.370 e. The highest BCUT2D eigenvalue weighted by atomic mass is 16.5. The summed E-state index contributed by atoms with van der Waals surface area (Å²) in [7, 11) is 0. The number of hydrogen-bond acceptors (Lipinski definition) is 4. The molecule has 0 saturated carbocycles. The monoisotopic (exact) mass is 307 g/mol.